The zero-order chi connectivity index (χ0) is 30.9. The van der Waals surface area contributed by atoms with Crippen LogP contribution in [0.3, 0.4) is 0 Å². The molecule has 0 aliphatic heterocycles. The topological polar surface area (TPSA) is 30.7 Å². The van der Waals surface area contributed by atoms with Crippen LogP contribution in [-0.2, 0) is 0 Å². The monoisotopic (exact) mass is 635 g/mol. The lowest BCUT2D eigenvalue weighted by atomic mass is 9.97. The third kappa shape index (κ3) is 4.17. The van der Waals surface area contributed by atoms with Gasteiger partial charge < -0.3 is 4.57 Å². The molecule has 5 heteroatoms. The summed E-state index contributed by atoms with van der Waals surface area (Å²) in [6.45, 7) is 0. The fourth-order valence-electron chi connectivity index (χ4n) is 7.03. The molecule has 10 aromatic rings. The quantitative estimate of drug-likeness (QED) is 0.193. The number of nitrogens with zero attached hydrogens (tertiary/aromatic N) is 3. The Hall–Kier alpha value is -5.62. The van der Waals surface area contributed by atoms with Crippen molar-refractivity contribution in [1.29, 1.82) is 0 Å². The van der Waals surface area contributed by atoms with Crippen LogP contribution in [0.15, 0.2) is 152 Å². The van der Waals surface area contributed by atoms with Crippen LogP contribution in [0.4, 0.5) is 0 Å². The highest BCUT2D eigenvalue weighted by molar-refractivity contribution is 7.26. The summed E-state index contributed by atoms with van der Waals surface area (Å²) >= 11 is 3.32. The molecule has 0 amide bonds. The molecule has 0 bridgehead atoms. The molecular formula is C42H25N3S2. The molecule has 3 aromatic heterocycles. The standard InChI is InChI=1S/C42H25N3S2/c1-2-14-30-26(10-1)11-8-17-31(30)27-12-7-13-28(24-27)41-43-42(47-44-41)29-22-23-33-32-15-3-5-19-36(32)45(38(33)25-29)37-20-9-18-35-34-16-4-6-21-39(34)46-40(35)37/h1-25H. The van der Waals surface area contributed by atoms with Crippen molar-refractivity contribution in [2.24, 2.45) is 0 Å². The molecule has 0 saturated heterocycles. The number of fused-ring (bicyclic) bond motifs is 7. The minimum Gasteiger partial charge on any atom is -0.308 e. The van der Waals surface area contributed by atoms with Gasteiger partial charge in [0.15, 0.2) is 5.82 Å². The van der Waals surface area contributed by atoms with Crippen LogP contribution < -0.4 is 0 Å². The van der Waals surface area contributed by atoms with Gasteiger partial charge in [-0.1, -0.05) is 121 Å². The van der Waals surface area contributed by atoms with Gasteiger partial charge in [-0.05, 0) is 63.8 Å². The van der Waals surface area contributed by atoms with Crippen molar-refractivity contribution in [2.45, 2.75) is 0 Å². The van der Waals surface area contributed by atoms with E-state index >= 15 is 0 Å². The molecule has 0 radical (unpaired) electrons. The summed E-state index contributed by atoms with van der Waals surface area (Å²) in [6.07, 6.45) is 0. The van der Waals surface area contributed by atoms with E-state index in [0.29, 0.717) is 0 Å². The molecule has 0 fully saturated rings. The maximum absolute atomic E-state index is 5.09. The normalized spacial score (nSPS) is 11.8. The largest absolute Gasteiger partial charge is 0.308 e. The van der Waals surface area contributed by atoms with E-state index in [2.05, 4.69) is 156 Å². The van der Waals surface area contributed by atoms with E-state index in [4.69, 9.17) is 9.36 Å². The van der Waals surface area contributed by atoms with Crippen LogP contribution in [0.1, 0.15) is 0 Å². The Kier molecular flexibility index (Phi) is 5.92. The summed E-state index contributed by atoms with van der Waals surface area (Å²) in [7, 11) is 0. The van der Waals surface area contributed by atoms with Crippen molar-refractivity contribution >= 4 is 75.6 Å². The first-order valence-electron chi connectivity index (χ1n) is 15.7. The van der Waals surface area contributed by atoms with Crippen molar-refractivity contribution < 1.29 is 0 Å². The maximum atomic E-state index is 5.09. The Bertz CT molecular complexity index is 2810. The fraction of sp³-hybridized carbons (Fsp3) is 0. The lowest BCUT2D eigenvalue weighted by molar-refractivity contribution is 1.20. The molecule has 3 nitrogen and oxygen atoms in total. The second kappa shape index (κ2) is 10.5. The highest BCUT2D eigenvalue weighted by atomic mass is 32.1. The third-order valence-electron chi connectivity index (χ3n) is 9.19. The molecule has 220 valence electrons. The van der Waals surface area contributed by atoms with Crippen LogP contribution in [0.5, 0.6) is 0 Å². The van der Waals surface area contributed by atoms with Gasteiger partial charge in [-0.15, -0.1) is 11.3 Å². The predicted octanol–water partition coefficient (Wildman–Crippen LogP) is 12.2. The summed E-state index contributed by atoms with van der Waals surface area (Å²) in [5.41, 5.74) is 8.04. The Morgan fingerprint density at radius 2 is 1.21 bits per heavy atom. The first kappa shape index (κ1) is 26.6. The maximum Gasteiger partial charge on any atom is 0.173 e. The Morgan fingerprint density at radius 1 is 0.489 bits per heavy atom. The summed E-state index contributed by atoms with van der Waals surface area (Å²) < 4.78 is 9.89. The first-order valence-corrected chi connectivity index (χ1v) is 17.3. The van der Waals surface area contributed by atoms with Crippen molar-refractivity contribution in [3.05, 3.63) is 152 Å². The summed E-state index contributed by atoms with van der Waals surface area (Å²) in [4.78, 5) is 5.09. The van der Waals surface area contributed by atoms with Gasteiger partial charge in [0, 0.05) is 37.4 Å². The average Bonchev–Trinajstić information content (AvgIpc) is 3.86. The van der Waals surface area contributed by atoms with Crippen molar-refractivity contribution in [1.82, 2.24) is 13.9 Å². The SMILES string of the molecule is c1cc(-c2nsc(-c3ccc4c5ccccc5n(-c5cccc6c5sc5ccccc56)c4c3)n2)cc(-c2cccc3ccccc23)c1. The van der Waals surface area contributed by atoms with Gasteiger partial charge in [-0.2, -0.15) is 4.37 Å². The number of hydrogen-bond acceptors (Lipinski definition) is 4. The van der Waals surface area contributed by atoms with E-state index in [1.807, 2.05) is 11.3 Å². The molecule has 0 spiro atoms. The number of hydrogen-bond donors (Lipinski definition) is 0. The first-order chi connectivity index (χ1) is 23.3. The number of aromatic nitrogens is 3. The smallest absolute Gasteiger partial charge is 0.173 e. The molecule has 0 aliphatic carbocycles. The van der Waals surface area contributed by atoms with Gasteiger partial charge in [0.2, 0.25) is 0 Å². The molecular weight excluding hydrogens is 611 g/mol. The highest BCUT2D eigenvalue weighted by Gasteiger charge is 2.18. The number of thiophene rings is 1. The van der Waals surface area contributed by atoms with E-state index in [-0.39, 0.29) is 0 Å². The summed E-state index contributed by atoms with van der Waals surface area (Å²) in [6, 6.07) is 54.4. The van der Waals surface area contributed by atoms with Gasteiger partial charge >= 0.3 is 0 Å². The van der Waals surface area contributed by atoms with Crippen LogP contribution >= 0.6 is 22.9 Å². The molecule has 0 saturated carbocycles. The average molecular weight is 636 g/mol. The van der Waals surface area contributed by atoms with Crippen molar-refractivity contribution in [2.75, 3.05) is 0 Å². The molecule has 0 unspecified atom stereocenters. The third-order valence-corrected chi connectivity index (χ3v) is 11.2. The lowest BCUT2D eigenvalue weighted by Crippen LogP contribution is -1.94. The molecule has 10 rings (SSSR count). The van der Waals surface area contributed by atoms with E-state index in [1.54, 1.807) is 0 Å². The molecule has 0 atom stereocenters. The van der Waals surface area contributed by atoms with Gasteiger partial charge in [-0.25, -0.2) is 4.98 Å². The zero-order valence-corrected chi connectivity index (χ0v) is 26.7. The van der Waals surface area contributed by atoms with E-state index < -0.39 is 0 Å². The van der Waals surface area contributed by atoms with Crippen LogP contribution in [0.25, 0.3) is 91.5 Å². The molecule has 3 heterocycles. The Labute approximate surface area is 278 Å². The Morgan fingerprint density at radius 3 is 2.17 bits per heavy atom. The molecule has 7 aromatic carbocycles. The fourth-order valence-corrected chi connectivity index (χ4v) is 8.92. The minimum atomic E-state index is 0.753. The summed E-state index contributed by atoms with van der Waals surface area (Å²) in [5, 5.41) is 8.47. The van der Waals surface area contributed by atoms with Crippen LogP contribution in [-0.4, -0.2) is 13.9 Å². The van der Waals surface area contributed by atoms with Gasteiger partial charge in [0.05, 0.1) is 21.4 Å². The van der Waals surface area contributed by atoms with Gasteiger partial charge in [-0.3, -0.25) is 0 Å². The second-order valence-corrected chi connectivity index (χ2v) is 13.7. The van der Waals surface area contributed by atoms with Crippen molar-refractivity contribution in [3.63, 3.8) is 0 Å². The molecule has 47 heavy (non-hydrogen) atoms. The van der Waals surface area contributed by atoms with Gasteiger partial charge in [0.25, 0.3) is 0 Å². The highest BCUT2D eigenvalue weighted by Crippen LogP contribution is 2.42. The predicted molar refractivity (Wildman–Crippen MR) is 201 cm³/mol. The van der Waals surface area contributed by atoms with Gasteiger partial charge in [0.1, 0.15) is 5.01 Å². The van der Waals surface area contributed by atoms with E-state index in [0.717, 1.165) is 27.5 Å². The van der Waals surface area contributed by atoms with Crippen LogP contribution in [0, 0.1) is 0 Å². The molecule has 0 N–H and O–H groups in total. The number of para-hydroxylation sites is 1. The minimum absolute atomic E-state index is 0.753. The van der Waals surface area contributed by atoms with Crippen LogP contribution in [0.2, 0.25) is 0 Å². The van der Waals surface area contributed by atoms with E-state index in [1.165, 1.54) is 75.5 Å². The second-order valence-electron chi connectivity index (χ2n) is 11.9. The lowest BCUT2D eigenvalue weighted by Gasteiger charge is -2.10. The number of benzene rings is 7. The zero-order valence-electron chi connectivity index (χ0n) is 25.1. The summed E-state index contributed by atoms with van der Waals surface area (Å²) in [5.74, 6) is 0.753. The Balaban J connectivity index is 1.11. The number of rotatable bonds is 4. The molecule has 0 aliphatic rings. The van der Waals surface area contributed by atoms with E-state index in [9.17, 15) is 0 Å². The van der Waals surface area contributed by atoms with Crippen molar-refractivity contribution in [3.8, 4) is 38.8 Å².